The first-order valence-corrected chi connectivity index (χ1v) is 10.9. The average Bonchev–Trinajstić information content (AvgIpc) is 2.92. The van der Waals surface area contributed by atoms with Crippen molar-refractivity contribution in [2.75, 3.05) is 19.6 Å². The second kappa shape index (κ2) is 8.31. The molecule has 0 bridgehead atoms. The summed E-state index contributed by atoms with van der Waals surface area (Å²) in [7, 11) is 0. The summed E-state index contributed by atoms with van der Waals surface area (Å²) in [6, 6.07) is 15.3. The van der Waals surface area contributed by atoms with Crippen molar-refractivity contribution in [2.24, 2.45) is 5.41 Å². The van der Waals surface area contributed by atoms with E-state index in [-0.39, 0.29) is 30.4 Å². The van der Waals surface area contributed by atoms with Gasteiger partial charge in [0.05, 0.1) is 11.5 Å². The number of rotatable bonds is 4. The molecular weight excluding hydrogens is 421 g/mol. The topological polar surface area (TPSA) is 52.7 Å². The van der Waals surface area contributed by atoms with Crippen molar-refractivity contribution in [3.8, 4) is 0 Å². The van der Waals surface area contributed by atoms with Gasteiger partial charge in [-0.1, -0.05) is 61.3 Å². The van der Waals surface area contributed by atoms with E-state index in [9.17, 15) is 9.59 Å². The lowest BCUT2D eigenvalue weighted by Gasteiger charge is -2.45. The number of hydrogen-bond acceptors (Lipinski definition) is 4. The average molecular weight is 446 g/mol. The molecule has 0 aromatic heterocycles. The van der Waals surface area contributed by atoms with Crippen LogP contribution in [0.1, 0.15) is 37.4 Å². The van der Waals surface area contributed by atoms with E-state index in [0.29, 0.717) is 23.1 Å². The summed E-state index contributed by atoms with van der Waals surface area (Å²) in [6.45, 7) is 5.67. The summed E-state index contributed by atoms with van der Waals surface area (Å²) >= 11 is 12.3. The fraction of sp³-hybridized carbons (Fsp3) is 0.391. The van der Waals surface area contributed by atoms with Crippen LogP contribution in [0.15, 0.2) is 48.5 Å². The number of nitrogens with one attached hydrogen (secondary N) is 1. The Morgan fingerprint density at radius 2 is 1.50 bits per heavy atom. The van der Waals surface area contributed by atoms with Crippen LogP contribution in [0.25, 0.3) is 0 Å². The third-order valence-electron chi connectivity index (χ3n) is 5.92. The first-order valence-electron chi connectivity index (χ1n) is 10.1. The van der Waals surface area contributed by atoms with Gasteiger partial charge in [-0.25, -0.2) is 0 Å². The van der Waals surface area contributed by atoms with E-state index in [0.717, 1.165) is 17.7 Å². The standard InChI is InChI=1S/C23H25Cl2N3O2/c1-23(2)13-20(29)28(22(23)30)19-14-26-11-12-27(19)21(15-3-7-17(24)8-4-15)16-5-9-18(25)10-6-16/h3-10,19,21,26H,11-14H2,1-2H3. The molecule has 2 heterocycles. The van der Waals surface area contributed by atoms with Gasteiger partial charge in [-0.3, -0.25) is 19.4 Å². The Kier molecular flexibility index (Phi) is 5.90. The van der Waals surface area contributed by atoms with E-state index in [1.54, 1.807) is 0 Å². The highest BCUT2D eigenvalue weighted by Crippen LogP contribution is 2.38. The molecule has 2 aliphatic heterocycles. The van der Waals surface area contributed by atoms with E-state index in [1.165, 1.54) is 4.90 Å². The van der Waals surface area contributed by atoms with Gasteiger partial charge in [0.1, 0.15) is 6.17 Å². The number of piperazine rings is 1. The Morgan fingerprint density at radius 1 is 0.967 bits per heavy atom. The summed E-state index contributed by atoms with van der Waals surface area (Å²) in [5.41, 5.74) is 1.43. The first-order chi connectivity index (χ1) is 14.3. The van der Waals surface area contributed by atoms with Gasteiger partial charge in [-0.05, 0) is 35.4 Å². The smallest absolute Gasteiger partial charge is 0.236 e. The minimum absolute atomic E-state index is 0.114. The van der Waals surface area contributed by atoms with Crippen LogP contribution in [0, 0.1) is 5.41 Å². The largest absolute Gasteiger partial charge is 0.312 e. The molecule has 158 valence electrons. The summed E-state index contributed by atoms with van der Waals surface area (Å²) < 4.78 is 0. The summed E-state index contributed by atoms with van der Waals surface area (Å²) in [5.74, 6) is -0.230. The predicted octanol–water partition coefficient (Wildman–Crippen LogP) is 4.10. The molecule has 7 heteroatoms. The van der Waals surface area contributed by atoms with Crippen LogP contribution in [0.3, 0.4) is 0 Å². The zero-order valence-corrected chi connectivity index (χ0v) is 18.6. The molecule has 1 N–H and O–H groups in total. The van der Waals surface area contributed by atoms with Gasteiger partial charge in [-0.15, -0.1) is 0 Å². The Balaban J connectivity index is 1.77. The van der Waals surface area contributed by atoms with Crippen LogP contribution < -0.4 is 5.32 Å². The first kappa shape index (κ1) is 21.3. The van der Waals surface area contributed by atoms with E-state index in [2.05, 4.69) is 10.2 Å². The molecule has 0 aliphatic carbocycles. The fourth-order valence-electron chi connectivity index (χ4n) is 4.39. The number of carbonyl (C=O) groups is 2. The number of benzene rings is 2. The Bertz CT molecular complexity index is 898. The van der Waals surface area contributed by atoms with Crippen LogP contribution in [0.4, 0.5) is 0 Å². The SMILES string of the molecule is CC1(C)CC(=O)N(C2CNCCN2C(c2ccc(Cl)cc2)c2ccc(Cl)cc2)C1=O. The molecule has 0 saturated carbocycles. The zero-order chi connectivity index (χ0) is 21.5. The number of amides is 2. The van der Waals surface area contributed by atoms with Crippen molar-refractivity contribution in [1.29, 1.82) is 0 Å². The number of likely N-dealkylation sites (tertiary alicyclic amines) is 1. The summed E-state index contributed by atoms with van der Waals surface area (Å²) in [6.07, 6.45) is -0.125. The van der Waals surface area contributed by atoms with Crippen molar-refractivity contribution in [3.63, 3.8) is 0 Å². The summed E-state index contributed by atoms with van der Waals surface area (Å²) in [4.78, 5) is 29.6. The lowest BCUT2D eigenvalue weighted by molar-refractivity contribution is -0.149. The molecule has 0 spiro atoms. The molecule has 2 amide bonds. The number of hydrogen-bond donors (Lipinski definition) is 1. The van der Waals surface area contributed by atoms with Crippen molar-refractivity contribution in [2.45, 2.75) is 32.5 Å². The van der Waals surface area contributed by atoms with Gasteiger partial charge in [0.2, 0.25) is 11.8 Å². The molecular formula is C23H25Cl2N3O2. The minimum atomic E-state index is -0.670. The molecule has 5 nitrogen and oxygen atoms in total. The predicted molar refractivity (Wildman–Crippen MR) is 118 cm³/mol. The second-order valence-electron chi connectivity index (χ2n) is 8.56. The molecule has 2 aliphatic rings. The third kappa shape index (κ3) is 4.00. The van der Waals surface area contributed by atoms with Crippen molar-refractivity contribution >= 4 is 35.0 Å². The van der Waals surface area contributed by atoms with Crippen LogP contribution in [0.5, 0.6) is 0 Å². The molecule has 2 fully saturated rings. The van der Waals surface area contributed by atoms with Gasteiger partial charge in [-0.2, -0.15) is 0 Å². The number of imide groups is 1. The van der Waals surface area contributed by atoms with Crippen molar-refractivity contribution in [1.82, 2.24) is 15.1 Å². The van der Waals surface area contributed by atoms with Gasteiger partial charge < -0.3 is 5.32 Å². The number of carbonyl (C=O) groups excluding carboxylic acids is 2. The Hall–Kier alpha value is -1.92. The normalized spacial score (nSPS) is 22.2. The quantitative estimate of drug-likeness (QED) is 0.719. The molecule has 1 unspecified atom stereocenters. The molecule has 4 rings (SSSR count). The van der Waals surface area contributed by atoms with Crippen LogP contribution in [-0.2, 0) is 9.59 Å². The maximum atomic E-state index is 13.1. The van der Waals surface area contributed by atoms with Gasteiger partial charge in [0.15, 0.2) is 0 Å². The van der Waals surface area contributed by atoms with Crippen LogP contribution in [-0.4, -0.2) is 47.4 Å². The van der Waals surface area contributed by atoms with Gasteiger partial charge >= 0.3 is 0 Å². The van der Waals surface area contributed by atoms with E-state index < -0.39 is 5.41 Å². The molecule has 0 radical (unpaired) electrons. The maximum absolute atomic E-state index is 13.1. The summed E-state index contributed by atoms with van der Waals surface area (Å²) in [5, 5.41) is 4.68. The van der Waals surface area contributed by atoms with E-state index >= 15 is 0 Å². The van der Waals surface area contributed by atoms with Gasteiger partial charge in [0, 0.05) is 36.1 Å². The Labute approximate surface area is 186 Å². The van der Waals surface area contributed by atoms with Crippen molar-refractivity contribution < 1.29 is 9.59 Å². The lowest BCUT2D eigenvalue weighted by Crippen LogP contribution is -2.61. The third-order valence-corrected chi connectivity index (χ3v) is 6.42. The highest BCUT2D eigenvalue weighted by Gasteiger charge is 2.50. The number of nitrogens with zero attached hydrogens (tertiary/aromatic N) is 2. The maximum Gasteiger partial charge on any atom is 0.236 e. The molecule has 2 aromatic rings. The van der Waals surface area contributed by atoms with E-state index in [4.69, 9.17) is 23.2 Å². The molecule has 2 saturated heterocycles. The minimum Gasteiger partial charge on any atom is -0.312 e. The molecule has 30 heavy (non-hydrogen) atoms. The second-order valence-corrected chi connectivity index (χ2v) is 9.43. The lowest BCUT2D eigenvalue weighted by atomic mass is 9.92. The number of halogens is 2. The van der Waals surface area contributed by atoms with Crippen molar-refractivity contribution in [3.05, 3.63) is 69.7 Å². The van der Waals surface area contributed by atoms with Crippen LogP contribution >= 0.6 is 23.2 Å². The highest BCUT2D eigenvalue weighted by molar-refractivity contribution is 6.30. The Morgan fingerprint density at radius 3 is 1.97 bits per heavy atom. The van der Waals surface area contributed by atoms with Crippen LogP contribution in [0.2, 0.25) is 10.0 Å². The monoisotopic (exact) mass is 445 g/mol. The van der Waals surface area contributed by atoms with Gasteiger partial charge in [0.25, 0.3) is 0 Å². The molecule has 1 atom stereocenters. The van der Waals surface area contributed by atoms with E-state index in [1.807, 2.05) is 62.4 Å². The highest BCUT2D eigenvalue weighted by atomic mass is 35.5. The molecule has 2 aromatic carbocycles. The zero-order valence-electron chi connectivity index (χ0n) is 17.1. The fourth-order valence-corrected chi connectivity index (χ4v) is 4.64.